The van der Waals surface area contributed by atoms with Gasteiger partial charge in [-0.3, -0.25) is 9.79 Å². The molecule has 0 aromatic heterocycles. The highest BCUT2D eigenvalue weighted by Gasteiger charge is 2.25. The largest absolute Gasteiger partial charge is 0.510 e. The van der Waals surface area contributed by atoms with Gasteiger partial charge in [-0.25, -0.2) is 4.39 Å². The predicted molar refractivity (Wildman–Crippen MR) is 92.3 cm³/mol. The third kappa shape index (κ3) is 4.90. The van der Waals surface area contributed by atoms with Crippen LogP contribution < -0.4 is 0 Å². The molecule has 2 N–H and O–H groups in total. The van der Waals surface area contributed by atoms with Gasteiger partial charge in [0.1, 0.15) is 23.6 Å². The van der Waals surface area contributed by atoms with Crippen molar-refractivity contribution in [3.63, 3.8) is 0 Å². The highest BCUT2D eigenvalue weighted by molar-refractivity contribution is 5.95. The van der Waals surface area contributed by atoms with Crippen molar-refractivity contribution in [3.05, 3.63) is 59.2 Å². The fourth-order valence-electron chi connectivity index (χ4n) is 2.35. The quantitative estimate of drug-likeness (QED) is 0.749. The summed E-state index contributed by atoms with van der Waals surface area (Å²) in [5, 5.41) is 19.3. The van der Waals surface area contributed by atoms with Crippen molar-refractivity contribution in [2.24, 2.45) is 4.99 Å². The van der Waals surface area contributed by atoms with Crippen LogP contribution in [0.3, 0.4) is 0 Å². The van der Waals surface area contributed by atoms with Gasteiger partial charge in [-0.05, 0) is 25.8 Å². The van der Waals surface area contributed by atoms with Gasteiger partial charge in [-0.1, -0.05) is 12.2 Å². The van der Waals surface area contributed by atoms with Gasteiger partial charge in [0.05, 0.1) is 25.3 Å². The Morgan fingerprint density at radius 2 is 2.32 bits per heavy atom. The predicted octanol–water partition coefficient (Wildman–Crippen LogP) is 2.67. The first-order chi connectivity index (χ1) is 12.1. The van der Waals surface area contributed by atoms with Gasteiger partial charge in [0.2, 0.25) is 0 Å². The van der Waals surface area contributed by atoms with E-state index in [0.29, 0.717) is 18.6 Å². The van der Waals surface area contributed by atoms with E-state index in [1.165, 1.54) is 29.5 Å². The fourth-order valence-corrected chi connectivity index (χ4v) is 2.35. The Bertz CT molecular complexity index is 702. The number of halogens is 1. The number of fused-ring (bicyclic) bond motifs is 2. The maximum absolute atomic E-state index is 13.1. The Balaban J connectivity index is 2.24. The van der Waals surface area contributed by atoms with Crippen LogP contribution in [0.15, 0.2) is 64.2 Å². The number of allylic oxidation sites excluding steroid dienone is 5. The molecule has 0 aromatic carbocycles. The molecule has 0 radical (unpaired) electrons. The zero-order valence-electron chi connectivity index (χ0n) is 14.0. The minimum atomic E-state index is -0.571. The van der Waals surface area contributed by atoms with Gasteiger partial charge >= 0.3 is 0 Å². The minimum Gasteiger partial charge on any atom is -0.510 e. The van der Waals surface area contributed by atoms with Crippen molar-refractivity contribution < 1.29 is 24.1 Å². The van der Waals surface area contributed by atoms with E-state index in [1.54, 1.807) is 19.2 Å². The fraction of sp³-hybridized carbons (Fsp3) is 0.333. The van der Waals surface area contributed by atoms with Crippen molar-refractivity contribution in [2.75, 3.05) is 19.7 Å². The molecule has 7 heteroatoms. The zero-order chi connectivity index (χ0) is 18.2. The number of nitrogens with zero attached hydrogens (tertiary/aromatic N) is 2. The lowest BCUT2D eigenvalue weighted by atomic mass is 10.1. The van der Waals surface area contributed by atoms with Crippen LogP contribution in [-0.4, -0.2) is 46.9 Å². The molecule has 2 aliphatic heterocycles. The number of amides is 1. The highest BCUT2D eigenvalue weighted by Crippen LogP contribution is 2.21. The van der Waals surface area contributed by atoms with E-state index in [4.69, 9.17) is 4.74 Å². The molecular formula is C18H21FN2O4. The van der Waals surface area contributed by atoms with Crippen LogP contribution >= 0.6 is 0 Å². The Morgan fingerprint density at radius 3 is 3.04 bits per heavy atom. The number of rotatable bonds is 5. The second-order valence-electron chi connectivity index (χ2n) is 5.45. The van der Waals surface area contributed by atoms with E-state index in [-0.39, 0.29) is 30.2 Å². The number of hydrogen-bond acceptors (Lipinski definition) is 5. The maximum Gasteiger partial charge on any atom is 0.260 e. The molecule has 0 unspecified atom stereocenters. The van der Waals surface area contributed by atoms with E-state index in [2.05, 4.69) is 4.99 Å². The minimum absolute atomic E-state index is 0.0868. The molecule has 1 amide bonds. The number of hydrogen-bond donors (Lipinski definition) is 2. The third-order valence-electron chi connectivity index (χ3n) is 3.77. The van der Waals surface area contributed by atoms with Crippen LogP contribution in [0.25, 0.3) is 0 Å². The maximum atomic E-state index is 13.1. The van der Waals surface area contributed by atoms with Crippen molar-refractivity contribution >= 4 is 12.1 Å². The summed E-state index contributed by atoms with van der Waals surface area (Å²) in [6, 6.07) is 0. The van der Waals surface area contributed by atoms with E-state index < -0.39 is 12.5 Å². The molecule has 25 heavy (non-hydrogen) atoms. The molecule has 0 fully saturated rings. The highest BCUT2D eigenvalue weighted by atomic mass is 19.1. The zero-order valence-corrected chi connectivity index (χ0v) is 14.0. The second kappa shape index (κ2) is 8.98. The summed E-state index contributed by atoms with van der Waals surface area (Å²) in [4.78, 5) is 17.9. The number of aliphatic hydroxyl groups is 2. The molecular weight excluding hydrogens is 327 g/mol. The average Bonchev–Trinajstić information content (AvgIpc) is 2.63. The molecule has 2 bridgehead atoms. The van der Waals surface area contributed by atoms with Gasteiger partial charge in [0.25, 0.3) is 5.91 Å². The Kier molecular flexibility index (Phi) is 6.71. The number of aliphatic imine (C=N–C) groups is 1. The molecule has 0 atom stereocenters. The average molecular weight is 348 g/mol. The number of ether oxygens (including phenoxy) is 1. The Labute approximate surface area is 145 Å². The van der Waals surface area contributed by atoms with Gasteiger partial charge in [0, 0.05) is 18.0 Å². The van der Waals surface area contributed by atoms with E-state index in [0.717, 1.165) is 5.57 Å². The van der Waals surface area contributed by atoms with E-state index >= 15 is 0 Å². The topological polar surface area (TPSA) is 82.4 Å². The molecule has 2 rings (SSSR count). The van der Waals surface area contributed by atoms with Crippen molar-refractivity contribution in [2.45, 2.75) is 19.8 Å². The SMILES string of the molecule is C/C=C(F)\C=C/CC/C1=C2/CN(C=CO2)C(=O)/C(CO)=C(/O)CN=C1. The summed E-state index contributed by atoms with van der Waals surface area (Å²) in [5.41, 5.74) is 0.671. The lowest BCUT2D eigenvalue weighted by Gasteiger charge is -2.26. The molecule has 0 aliphatic carbocycles. The van der Waals surface area contributed by atoms with Crippen LogP contribution in [-0.2, 0) is 9.53 Å². The van der Waals surface area contributed by atoms with Crippen LogP contribution in [0.2, 0.25) is 0 Å². The summed E-state index contributed by atoms with van der Waals surface area (Å²) < 4.78 is 18.6. The summed E-state index contributed by atoms with van der Waals surface area (Å²) in [6.45, 7) is 1.10. The molecule has 0 aromatic rings. The first-order valence-corrected chi connectivity index (χ1v) is 7.93. The van der Waals surface area contributed by atoms with Crippen LogP contribution in [0, 0.1) is 0 Å². The molecule has 6 nitrogen and oxygen atoms in total. The number of carbonyl (C=O) groups excluding carboxylic acids is 1. The Hall–Kier alpha value is -2.67. The second-order valence-corrected chi connectivity index (χ2v) is 5.45. The summed E-state index contributed by atoms with van der Waals surface area (Å²) >= 11 is 0. The monoisotopic (exact) mass is 348 g/mol. The van der Waals surface area contributed by atoms with Crippen LogP contribution in [0.5, 0.6) is 0 Å². The molecule has 2 aliphatic rings. The molecule has 0 saturated carbocycles. The smallest absolute Gasteiger partial charge is 0.260 e. The summed E-state index contributed by atoms with van der Waals surface area (Å²) in [5.74, 6) is -0.513. The number of aliphatic hydroxyl groups excluding tert-OH is 2. The Morgan fingerprint density at radius 1 is 1.52 bits per heavy atom. The van der Waals surface area contributed by atoms with Crippen molar-refractivity contribution in [1.82, 2.24) is 4.90 Å². The standard InChI is InChI=1S/C18H21FN2O4/c1-2-14(19)6-4-3-5-13-9-20-10-16(23)15(12-22)18(24)21-7-8-25-17(13)11-21/h2,4,6-9,22-23H,3,5,10-12H2,1H3/b6-4-,14-2+,16-15+,17-13+,20-9?. The normalized spacial score (nSPS) is 24.8. The first-order valence-electron chi connectivity index (χ1n) is 7.93. The molecule has 0 saturated heterocycles. The third-order valence-corrected chi connectivity index (χ3v) is 3.77. The van der Waals surface area contributed by atoms with Crippen LogP contribution in [0.1, 0.15) is 19.8 Å². The summed E-state index contributed by atoms with van der Waals surface area (Å²) in [6.07, 6.45) is 9.97. The number of carbonyl (C=O) groups is 1. The summed E-state index contributed by atoms with van der Waals surface area (Å²) in [7, 11) is 0. The van der Waals surface area contributed by atoms with Gasteiger partial charge < -0.3 is 19.8 Å². The van der Waals surface area contributed by atoms with Gasteiger partial charge in [-0.2, -0.15) is 0 Å². The lowest BCUT2D eigenvalue weighted by Crippen LogP contribution is -2.34. The van der Waals surface area contributed by atoms with Gasteiger partial charge in [-0.15, -0.1) is 0 Å². The molecule has 2 heterocycles. The molecule has 134 valence electrons. The van der Waals surface area contributed by atoms with E-state index in [1.807, 2.05) is 0 Å². The van der Waals surface area contributed by atoms with Crippen molar-refractivity contribution in [1.29, 1.82) is 0 Å². The van der Waals surface area contributed by atoms with Crippen LogP contribution in [0.4, 0.5) is 4.39 Å². The van der Waals surface area contributed by atoms with Gasteiger partial charge in [0.15, 0.2) is 0 Å². The van der Waals surface area contributed by atoms with E-state index in [9.17, 15) is 19.4 Å². The lowest BCUT2D eigenvalue weighted by molar-refractivity contribution is -0.125. The first kappa shape index (κ1) is 18.7. The van der Waals surface area contributed by atoms with Crippen molar-refractivity contribution in [3.8, 4) is 0 Å². The molecule has 0 spiro atoms.